The molecule has 1 aromatic heterocycles. The van der Waals surface area contributed by atoms with E-state index in [1.807, 2.05) is 19.0 Å². The summed E-state index contributed by atoms with van der Waals surface area (Å²) in [5.74, 6) is -2.65. The number of carbonyl (C=O) groups excluding carboxylic acids is 1. The van der Waals surface area contributed by atoms with Gasteiger partial charge in [0, 0.05) is 6.54 Å². The van der Waals surface area contributed by atoms with Crippen LogP contribution >= 0.6 is 11.6 Å². The number of benzene rings is 1. The fourth-order valence-electron chi connectivity index (χ4n) is 1.89. The van der Waals surface area contributed by atoms with E-state index < -0.39 is 23.0 Å². The lowest BCUT2D eigenvalue weighted by molar-refractivity contribution is 0.102. The monoisotopic (exact) mass is 313 g/mol. The molecule has 2 rings (SSSR count). The lowest BCUT2D eigenvalue weighted by atomic mass is 10.1. The summed E-state index contributed by atoms with van der Waals surface area (Å²) in [4.78, 5) is 14.3. The molecule has 0 unspecified atom stereocenters. The van der Waals surface area contributed by atoms with E-state index in [1.165, 1.54) is 16.9 Å². The van der Waals surface area contributed by atoms with Crippen LogP contribution in [0.5, 0.6) is 0 Å². The Bertz CT molecular complexity index is 650. The van der Waals surface area contributed by atoms with Gasteiger partial charge in [-0.05, 0) is 26.2 Å². The summed E-state index contributed by atoms with van der Waals surface area (Å²) >= 11 is 5.95. The van der Waals surface area contributed by atoms with Crippen molar-refractivity contribution in [2.24, 2.45) is 0 Å². The Balaban J connectivity index is 2.42. The number of aromatic nitrogens is 2. The number of halogens is 3. The first-order valence-corrected chi connectivity index (χ1v) is 6.64. The van der Waals surface area contributed by atoms with Crippen LogP contribution in [0.3, 0.4) is 0 Å². The summed E-state index contributed by atoms with van der Waals surface area (Å²) in [6.07, 6.45) is 1.29. The molecule has 0 aliphatic carbocycles. The molecule has 1 heterocycles. The van der Waals surface area contributed by atoms with E-state index in [0.29, 0.717) is 13.1 Å². The molecular weight excluding hydrogens is 300 g/mol. The highest BCUT2D eigenvalue weighted by atomic mass is 35.5. The van der Waals surface area contributed by atoms with E-state index in [2.05, 4.69) is 5.10 Å². The van der Waals surface area contributed by atoms with Gasteiger partial charge < -0.3 is 4.90 Å². The molecule has 0 aliphatic rings. The molecule has 4 nitrogen and oxygen atoms in total. The summed E-state index contributed by atoms with van der Waals surface area (Å²) < 4.78 is 28.8. The van der Waals surface area contributed by atoms with E-state index in [-0.39, 0.29) is 10.7 Å². The van der Waals surface area contributed by atoms with Crippen LogP contribution in [-0.2, 0) is 6.54 Å². The van der Waals surface area contributed by atoms with Gasteiger partial charge >= 0.3 is 0 Å². The first kappa shape index (κ1) is 15.6. The molecule has 0 atom stereocenters. The molecule has 0 N–H and O–H groups in total. The molecule has 0 saturated carbocycles. The average Bonchev–Trinajstić information content (AvgIpc) is 2.77. The van der Waals surface area contributed by atoms with E-state index in [1.54, 1.807) is 0 Å². The number of nitrogens with zero attached hydrogens (tertiary/aromatic N) is 3. The fraction of sp³-hybridized carbons (Fsp3) is 0.286. The van der Waals surface area contributed by atoms with Gasteiger partial charge in [-0.2, -0.15) is 5.10 Å². The molecule has 0 saturated heterocycles. The third-order valence-electron chi connectivity index (χ3n) is 2.96. The Morgan fingerprint density at radius 2 is 1.95 bits per heavy atom. The van der Waals surface area contributed by atoms with Gasteiger partial charge in [0.15, 0.2) is 0 Å². The van der Waals surface area contributed by atoms with E-state index in [0.717, 1.165) is 12.1 Å². The van der Waals surface area contributed by atoms with Gasteiger partial charge in [-0.1, -0.05) is 17.7 Å². The van der Waals surface area contributed by atoms with E-state index in [4.69, 9.17) is 11.6 Å². The van der Waals surface area contributed by atoms with Crippen molar-refractivity contribution in [3.05, 3.63) is 52.3 Å². The number of ketones is 1. The maximum absolute atomic E-state index is 13.7. The molecule has 0 fully saturated rings. The molecule has 21 heavy (non-hydrogen) atoms. The van der Waals surface area contributed by atoms with Crippen molar-refractivity contribution in [3.8, 4) is 0 Å². The average molecular weight is 314 g/mol. The zero-order chi connectivity index (χ0) is 15.6. The van der Waals surface area contributed by atoms with Crippen molar-refractivity contribution in [1.82, 2.24) is 14.7 Å². The van der Waals surface area contributed by atoms with Crippen LogP contribution in [0.4, 0.5) is 8.78 Å². The minimum Gasteiger partial charge on any atom is -0.308 e. The molecule has 7 heteroatoms. The maximum atomic E-state index is 13.7. The standard InChI is InChI=1S/C14H14ClF2N3O/c1-19(2)6-7-20-13(9(15)8-18-20)14(21)12-10(16)4-3-5-11(12)17/h3-5,8H,6-7H2,1-2H3. The van der Waals surface area contributed by atoms with Crippen molar-refractivity contribution in [2.45, 2.75) is 6.54 Å². The highest BCUT2D eigenvalue weighted by molar-refractivity contribution is 6.34. The topological polar surface area (TPSA) is 38.1 Å². The number of likely N-dealkylation sites (N-methyl/N-ethyl adjacent to an activating group) is 1. The van der Waals surface area contributed by atoms with Crippen molar-refractivity contribution < 1.29 is 13.6 Å². The first-order valence-electron chi connectivity index (χ1n) is 6.26. The summed E-state index contributed by atoms with van der Waals surface area (Å²) in [7, 11) is 3.73. The smallest absolute Gasteiger partial charge is 0.218 e. The van der Waals surface area contributed by atoms with Gasteiger partial charge in [0.25, 0.3) is 0 Å². The van der Waals surface area contributed by atoms with Gasteiger partial charge in [-0.15, -0.1) is 0 Å². The Morgan fingerprint density at radius 3 is 2.52 bits per heavy atom. The molecule has 112 valence electrons. The number of hydrogen-bond acceptors (Lipinski definition) is 3. The molecule has 2 aromatic rings. The zero-order valence-corrected chi connectivity index (χ0v) is 12.4. The molecule has 0 aliphatic heterocycles. The third-order valence-corrected chi connectivity index (χ3v) is 3.24. The minimum absolute atomic E-state index is 0.0116. The van der Waals surface area contributed by atoms with Crippen molar-refractivity contribution in [3.63, 3.8) is 0 Å². The van der Waals surface area contributed by atoms with Crippen LogP contribution < -0.4 is 0 Å². The highest BCUT2D eigenvalue weighted by Gasteiger charge is 2.24. The van der Waals surface area contributed by atoms with E-state index >= 15 is 0 Å². The Morgan fingerprint density at radius 1 is 1.33 bits per heavy atom. The minimum atomic E-state index is -0.920. The lowest BCUT2D eigenvalue weighted by Crippen LogP contribution is -2.22. The molecule has 0 amide bonds. The fourth-order valence-corrected chi connectivity index (χ4v) is 2.11. The second kappa shape index (κ2) is 6.32. The molecule has 0 radical (unpaired) electrons. The van der Waals surface area contributed by atoms with Crippen LogP contribution in [0.15, 0.2) is 24.4 Å². The van der Waals surface area contributed by atoms with Crippen LogP contribution in [0.25, 0.3) is 0 Å². The largest absolute Gasteiger partial charge is 0.308 e. The Labute approximate surface area is 125 Å². The van der Waals surface area contributed by atoms with Crippen LogP contribution in [0.2, 0.25) is 5.02 Å². The lowest BCUT2D eigenvalue weighted by Gasteiger charge is -2.12. The van der Waals surface area contributed by atoms with Crippen molar-refractivity contribution in [1.29, 1.82) is 0 Å². The van der Waals surface area contributed by atoms with E-state index in [9.17, 15) is 13.6 Å². The van der Waals surface area contributed by atoms with Gasteiger partial charge in [-0.3, -0.25) is 9.48 Å². The predicted octanol–water partition coefficient (Wildman–Crippen LogP) is 2.61. The van der Waals surface area contributed by atoms with Gasteiger partial charge in [0.05, 0.1) is 23.3 Å². The van der Waals surface area contributed by atoms with Gasteiger partial charge in [-0.25, -0.2) is 8.78 Å². The van der Waals surface area contributed by atoms with Crippen LogP contribution in [-0.4, -0.2) is 41.1 Å². The molecule has 0 bridgehead atoms. The highest BCUT2D eigenvalue weighted by Crippen LogP contribution is 2.22. The number of carbonyl (C=O) groups is 1. The summed E-state index contributed by atoms with van der Waals surface area (Å²) in [5.41, 5.74) is -0.631. The molecule has 0 spiro atoms. The summed E-state index contributed by atoms with van der Waals surface area (Å²) in [5, 5.41) is 4.06. The quantitative estimate of drug-likeness (QED) is 0.796. The first-order chi connectivity index (χ1) is 9.91. The maximum Gasteiger partial charge on any atom is 0.218 e. The van der Waals surface area contributed by atoms with Gasteiger partial charge in [0.1, 0.15) is 17.3 Å². The molecular formula is C14H14ClF2N3O. The molecule has 1 aromatic carbocycles. The van der Waals surface area contributed by atoms with Crippen LogP contribution in [0, 0.1) is 11.6 Å². The second-order valence-electron chi connectivity index (χ2n) is 4.79. The normalized spacial score (nSPS) is 11.1. The summed E-state index contributed by atoms with van der Waals surface area (Å²) in [6.45, 7) is 0.995. The SMILES string of the molecule is CN(C)CCn1ncc(Cl)c1C(=O)c1c(F)cccc1F. The Hall–Kier alpha value is -1.79. The zero-order valence-electron chi connectivity index (χ0n) is 11.6. The Kier molecular flexibility index (Phi) is 4.69. The second-order valence-corrected chi connectivity index (χ2v) is 5.20. The third kappa shape index (κ3) is 3.28. The summed E-state index contributed by atoms with van der Waals surface area (Å²) in [6, 6.07) is 3.27. The number of rotatable bonds is 5. The predicted molar refractivity (Wildman–Crippen MR) is 75.6 cm³/mol. The number of hydrogen-bond donors (Lipinski definition) is 0. The van der Waals surface area contributed by atoms with Crippen molar-refractivity contribution in [2.75, 3.05) is 20.6 Å². The van der Waals surface area contributed by atoms with Crippen molar-refractivity contribution >= 4 is 17.4 Å². The van der Waals surface area contributed by atoms with Gasteiger partial charge in [0.2, 0.25) is 5.78 Å². The van der Waals surface area contributed by atoms with Crippen LogP contribution in [0.1, 0.15) is 16.1 Å².